The predicted molar refractivity (Wildman–Crippen MR) is 111 cm³/mol. The summed E-state index contributed by atoms with van der Waals surface area (Å²) >= 11 is 1.63. The van der Waals surface area contributed by atoms with Gasteiger partial charge in [-0.2, -0.15) is 4.39 Å². The van der Waals surface area contributed by atoms with Crippen molar-refractivity contribution in [2.45, 2.75) is 38.1 Å². The van der Waals surface area contributed by atoms with Crippen LogP contribution in [0.5, 0.6) is 0 Å². The van der Waals surface area contributed by atoms with E-state index in [1.807, 2.05) is 12.1 Å². The SMILES string of the molecule is Fc1cc(-c2ccc3nc(N4CCC(N5CCCCC5)CC4)sc3n2)ccn1. The lowest BCUT2D eigenvalue weighted by atomic mass is 10.0. The summed E-state index contributed by atoms with van der Waals surface area (Å²) in [7, 11) is 0. The van der Waals surface area contributed by atoms with Gasteiger partial charge in [0.2, 0.25) is 5.95 Å². The molecule has 2 aliphatic heterocycles. The van der Waals surface area contributed by atoms with Crippen LogP contribution in [0.15, 0.2) is 30.5 Å². The number of anilines is 1. The van der Waals surface area contributed by atoms with Crippen molar-refractivity contribution < 1.29 is 4.39 Å². The molecule has 0 amide bonds. The number of likely N-dealkylation sites (tertiary alicyclic amines) is 1. The highest BCUT2D eigenvalue weighted by Gasteiger charge is 2.27. The zero-order valence-corrected chi connectivity index (χ0v) is 16.7. The van der Waals surface area contributed by atoms with E-state index in [0.717, 1.165) is 45.9 Å². The number of halogens is 1. The molecule has 0 radical (unpaired) electrons. The number of thiazole rings is 1. The fourth-order valence-corrected chi connectivity index (χ4v) is 5.36. The van der Waals surface area contributed by atoms with Crippen molar-refractivity contribution in [2.24, 2.45) is 0 Å². The third kappa shape index (κ3) is 3.61. The first-order valence-corrected chi connectivity index (χ1v) is 11.0. The molecule has 146 valence electrons. The maximum atomic E-state index is 13.4. The van der Waals surface area contributed by atoms with Gasteiger partial charge < -0.3 is 9.80 Å². The summed E-state index contributed by atoms with van der Waals surface area (Å²) in [5.41, 5.74) is 2.41. The van der Waals surface area contributed by atoms with E-state index in [0.29, 0.717) is 0 Å². The third-order valence-corrected chi connectivity index (χ3v) is 6.93. The molecule has 2 fully saturated rings. The molecule has 0 bridgehead atoms. The molecule has 3 aromatic rings. The lowest BCUT2D eigenvalue weighted by Crippen LogP contribution is -2.46. The number of hydrogen-bond acceptors (Lipinski definition) is 6. The van der Waals surface area contributed by atoms with Crippen molar-refractivity contribution in [3.05, 3.63) is 36.4 Å². The first-order chi connectivity index (χ1) is 13.8. The van der Waals surface area contributed by atoms with Crippen LogP contribution in [-0.2, 0) is 0 Å². The Kier molecular flexibility index (Phi) is 4.94. The van der Waals surface area contributed by atoms with E-state index >= 15 is 0 Å². The highest BCUT2D eigenvalue weighted by atomic mass is 32.1. The molecule has 0 unspecified atom stereocenters. The second-order valence-electron chi connectivity index (χ2n) is 7.70. The van der Waals surface area contributed by atoms with Crippen molar-refractivity contribution in [3.63, 3.8) is 0 Å². The highest BCUT2D eigenvalue weighted by molar-refractivity contribution is 7.21. The van der Waals surface area contributed by atoms with Crippen molar-refractivity contribution in [3.8, 4) is 11.3 Å². The van der Waals surface area contributed by atoms with Gasteiger partial charge in [-0.3, -0.25) is 0 Å². The Morgan fingerprint density at radius 3 is 2.57 bits per heavy atom. The van der Waals surface area contributed by atoms with Crippen molar-refractivity contribution in [1.82, 2.24) is 19.9 Å². The van der Waals surface area contributed by atoms with Crippen LogP contribution in [0.3, 0.4) is 0 Å². The van der Waals surface area contributed by atoms with E-state index in [9.17, 15) is 4.39 Å². The first-order valence-electron chi connectivity index (χ1n) is 10.1. The smallest absolute Gasteiger partial charge is 0.213 e. The minimum Gasteiger partial charge on any atom is -0.348 e. The summed E-state index contributed by atoms with van der Waals surface area (Å²) < 4.78 is 13.4. The van der Waals surface area contributed by atoms with Gasteiger partial charge in [0, 0.05) is 37.0 Å². The first kappa shape index (κ1) is 17.9. The maximum Gasteiger partial charge on any atom is 0.213 e. The number of pyridine rings is 2. The van der Waals surface area contributed by atoms with Crippen molar-refractivity contribution >= 4 is 26.8 Å². The van der Waals surface area contributed by atoms with Gasteiger partial charge >= 0.3 is 0 Å². The summed E-state index contributed by atoms with van der Waals surface area (Å²) in [6.07, 6.45) is 8.00. The quantitative estimate of drug-likeness (QED) is 0.615. The molecule has 0 aliphatic carbocycles. The van der Waals surface area contributed by atoms with Gasteiger partial charge in [0.1, 0.15) is 10.3 Å². The monoisotopic (exact) mass is 397 g/mol. The molecule has 5 heterocycles. The summed E-state index contributed by atoms with van der Waals surface area (Å²) in [6.45, 7) is 4.66. The van der Waals surface area contributed by atoms with E-state index in [4.69, 9.17) is 9.97 Å². The zero-order valence-electron chi connectivity index (χ0n) is 15.9. The molecule has 5 nitrogen and oxygen atoms in total. The molecule has 0 spiro atoms. The summed E-state index contributed by atoms with van der Waals surface area (Å²) in [6, 6.07) is 7.82. The number of piperidine rings is 2. The minimum absolute atomic E-state index is 0.485. The standard InChI is InChI=1S/C21H24FN5S/c22-19-14-15(6-9-23-19)17-4-5-18-20(24-17)28-21(25-18)27-12-7-16(8-13-27)26-10-2-1-3-11-26/h4-6,9,14,16H,1-3,7-8,10-13H2. The zero-order chi connectivity index (χ0) is 18.9. The average molecular weight is 398 g/mol. The molecular formula is C21H24FN5S. The number of aromatic nitrogens is 3. The Bertz CT molecular complexity index is 960. The normalized spacial score (nSPS) is 19.4. The van der Waals surface area contributed by atoms with Gasteiger partial charge in [-0.25, -0.2) is 15.0 Å². The molecule has 2 saturated heterocycles. The maximum absolute atomic E-state index is 13.4. The Labute approximate surface area is 168 Å². The number of nitrogens with zero attached hydrogens (tertiary/aromatic N) is 5. The second kappa shape index (κ2) is 7.72. The lowest BCUT2D eigenvalue weighted by Gasteiger charge is -2.40. The Balaban J connectivity index is 1.31. The molecule has 0 N–H and O–H groups in total. The fourth-order valence-electron chi connectivity index (χ4n) is 4.37. The summed E-state index contributed by atoms with van der Waals surface area (Å²) in [4.78, 5) is 19.1. The minimum atomic E-state index is -0.485. The molecule has 0 atom stereocenters. The number of rotatable bonds is 3. The molecule has 7 heteroatoms. The van der Waals surface area contributed by atoms with Crippen LogP contribution in [0.4, 0.5) is 9.52 Å². The second-order valence-corrected chi connectivity index (χ2v) is 8.66. The van der Waals surface area contributed by atoms with Gasteiger partial charge in [0.05, 0.1) is 5.69 Å². The van der Waals surface area contributed by atoms with E-state index in [1.165, 1.54) is 57.5 Å². The molecule has 5 rings (SSSR count). The van der Waals surface area contributed by atoms with Gasteiger partial charge in [-0.1, -0.05) is 17.8 Å². The molecule has 28 heavy (non-hydrogen) atoms. The van der Waals surface area contributed by atoms with Crippen LogP contribution in [-0.4, -0.2) is 52.1 Å². The van der Waals surface area contributed by atoms with Gasteiger partial charge in [-0.15, -0.1) is 0 Å². The van der Waals surface area contributed by atoms with Crippen LogP contribution >= 0.6 is 11.3 Å². The lowest BCUT2D eigenvalue weighted by molar-refractivity contribution is 0.141. The van der Waals surface area contributed by atoms with Crippen molar-refractivity contribution in [1.29, 1.82) is 0 Å². The van der Waals surface area contributed by atoms with E-state index in [2.05, 4.69) is 14.8 Å². The van der Waals surface area contributed by atoms with Gasteiger partial charge in [-0.05, 0) is 57.0 Å². The number of hydrogen-bond donors (Lipinski definition) is 0. The van der Waals surface area contributed by atoms with Crippen LogP contribution in [0.1, 0.15) is 32.1 Å². The molecule has 3 aromatic heterocycles. The van der Waals surface area contributed by atoms with Crippen LogP contribution in [0, 0.1) is 5.95 Å². The van der Waals surface area contributed by atoms with Gasteiger partial charge in [0.25, 0.3) is 0 Å². The fraction of sp³-hybridized carbons (Fsp3) is 0.476. The largest absolute Gasteiger partial charge is 0.348 e. The third-order valence-electron chi connectivity index (χ3n) is 5.91. The van der Waals surface area contributed by atoms with E-state index < -0.39 is 5.95 Å². The highest BCUT2D eigenvalue weighted by Crippen LogP contribution is 2.32. The Morgan fingerprint density at radius 2 is 1.79 bits per heavy atom. The van der Waals surface area contributed by atoms with Crippen molar-refractivity contribution in [2.75, 3.05) is 31.1 Å². The molecular weight excluding hydrogens is 373 g/mol. The average Bonchev–Trinajstić information content (AvgIpc) is 3.18. The number of fused-ring (bicyclic) bond motifs is 1. The molecule has 2 aliphatic rings. The van der Waals surface area contributed by atoms with Crippen LogP contribution in [0.2, 0.25) is 0 Å². The van der Waals surface area contributed by atoms with Gasteiger partial charge in [0.15, 0.2) is 5.13 Å². The van der Waals surface area contributed by atoms with Crippen LogP contribution < -0.4 is 4.90 Å². The Hall–Kier alpha value is -2.12. The Morgan fingerprint density at radius 1 is 0.964 bits per heavy atom. The van der Waals surface area contributed by atoms with E-state index in [1.54, 1.807) is 17.4 Å². The molecule has 0 aromatic carbocycles. The summed E-state index contributed by atoms with van der Waals surface area (Å²) in [5.74, 6) is -0.485. The summed E-state index contributed by atoms with van der Waals surface area (Å²) in [5, 5.41) is 1.05. The van der Waals surface area contributed by atoms with E-state index in [-0.39, 0.29) is 0 Å². The predicted octanol–water partition coefficient (Wildman–Crippen LogP) is 4.35. The van der Waals surface area contributed by atoms with Crippen LogP contribution in [0.25, 0.3) is 21.6 Å². The molecule has 0 saturated carbocycles. The topological polar surface area (TPSA) is 45.2 Å².